The van der Waals surface area contributed by atoms with Gasteiger partial charge in [0.25, 0.3) is 5.69 Å². The molecule has 1 aliphatic rings. The van der Waals surface area contributed by atoms with Crippen molar-refractivity contribution in [1.29, 1.82) is 0 Å². The standard InChI is InChI=1S/C20H25N7O3/c1-13(2)17-12-22-26-18(17)24-19(23-15-6-8-30-9-7-15)25-20(26)21-11-14-4-3-5-16(10-14)27(28)29/h3-5,10,12-13,15H,6-9,11H2,1-2H3,(H2,21,23,24,25). The fraction of sp³-hybridized carbons (Fsp3) is 0.450. The number of nitrogens with one attached hydrogen (secondary N) is 2. The van der Waals surface area contributed by atoms with Gasteiger partial charge < -0.3 is 15.4 Å². The van der Waals surface area contributed by atoms with Crippen LogP contribution in [0.3, 0.4) is 0 Å². The van der Waals surface area contributed by atoms with E-state index in [9.17, 15) is 10.1 Å². The number of ether oxygens (including phenoxy) is 1. The molecule has 4 rings (SSSR count). The van der Waals surface area contributed by atoms with E-state index in [1.54, 1.807) is 16.6 Å². The van der Waals surface area contributed by atoms with Gasteiger partial charge in [-0.3, -0.25) is 10.1 Å². The van der Waals surface area contributed by atoms with E-state index in [-0.39, 0.29) is 17.6 Å². The van der Waals surface area contributed by atoms with E-state index < -0.39 is 4.92 Å². The predicted octanol–water partition coefficient (Wildman–Crippen LogP) is 3.36. The third kappa shape index (κ3) is 4.33. The summed E-state index contributed by atoms with van der Waals surface area (Å²) in [6.07, 6.45) is 3.62. The molecular weight excluding hydrogens is 386 g/mol. The van der Waals surface area contributed by atoms with Crippen molar-refractivity contribution in [3.63, 3.8) is 0 Å². The maximum Gasteiger partial charge on any atom is 0.269 e. The van der Waals surface area contributed by atoms with Crippen LogP contribution in [0.15, 0.2) is 30.5 Å². The minimum absolute atomic E-state index is 0.0604. The van der Waals surface area contributed by atoms with Crippen molar-refractivity contribution in [3.05, 3.63) is 51.7 Å². The summed E-state index contributed by atoms with van der Waals surface area (Å²) in [4.78, 5) is 20.0. The minimum atomic E-state index is -0.398. The molecule has 0 radical (unpaired) electrons. The fourth-order valence-corrected chi connectivity index (χ4v) is 3.47. The first-order chi connectivity index (χ1) is 14.5. The average Bonchev–Trinajstić information content (AvgIpc) is 3.17. The zero-order chi connectivity index (χ0) is 21.1. The molecule has 1 aliphatic heterocycles. The van der Waals surface area contributed by atoms with Crippen LogP contribution in [0.25, 0.3) is 5.65 Å². The monoisotopic (exact) mass is 411 g/mol. The largest absolute Gasteiger partial charge is 0.381 e. The third-order valence-electron chi connectivity index (χ3n) is 5.14. The molecule has 2 N–H and O–H groups in total. The predicted molar refractivity (Wildman–Crippen MR) is 113 cm³/mol. The maximum absolute atomic E-state index is 11.0. The van der Waals surface area contributed by atoms with Crippen molar-refractivity contribution >= 4 is 23.2 Å². The topological polar surface area (TPSA) is 120 Å². The molecule has 0 unspecified atom stereocenters. The van der Waals surface area contributed by atoms with E-state index >= 15 is 0 Å². The Morgan fingerprint density at radius 1 is 1.30 bits per heavy atom. The first-order valence-electron chi connectivity index (χ1n) is 10.1. The van der Waals surface area contributed by atoms with Crippen LogP contribution in [0.2, 0.25) is 0 Å². The molecular formula is C20H25N7O3. The lowest BCUT2D eigenvalue weighted by molar-refractivity contribution is -0.384. The van der Waals surface area contributed by atoms with Crippen LogP contribution in [-0.4, -0.2) is 43.8 Å². The number of nitro benzene ring substituents is 1. The smallest absolute Gasteiger partial charge is 0.269 e. The fourth-order valence-electron chi connectivity index (χ4n) is 3.47. The number of benzene rings is 1. The zero-order valence-electron chi connectivity index (χ0n) is 17.0. The minimum Gasteiger partial charge on any atom is -0.381 e. The van der Waals surface area contributed by atoms with Crippen LogP contribution in [0.5, 0.6) is 0 Å². The molecule has 3 heterocycles. The number of aromatic nitrogens is 4. The van der Waals surface area contributed by atoms with Crippen LogP contribution < -0.4 is 10.6 Å². The highest BCUT2D eigenvalue weighted by atomic mass is 16.6. The lowest BCUT2D eigenvalue weighted by atomic mass is 10.1. The number of nitrogens with zero attached hydrogens (tertiary/aromatic N) is 5. The van der Waals surface area contributed by atoms with Gasteiger partial charge in [-0.15, -0.1) is 0 Å². The van der Waals surface area contributed by atoms with Crippen molar-refractivity contribution in [1.82, 2.24) is 19.6 Å². The Morgan fingerprint density at radius 2 is 2.10 bits per heavy atom. The van der Waals surface area contributed by atoms with Crippen molar-refractivity contribution in [2.24, 2.45) is 0 Å². The number of non-ortho nitro benzene ring substituents is 1. The lowest BCUT2D eigenvalue weighted by Gasteiger charge is -2.23. The van der Waals surface area contributed by atoms with Gasteiger partial charge in [-0.25, -0.2) is 0 Å². The Hall–Kier alpha value is -3.27. The Bertz CT molecular complexity index is 1040. The second-order valence-corrected chi connectivity index (χ2v) is 7.67. The molecule has 2 aromatic heterocycles. The normalized spacial score (nSPS) is 14.9. The highest BCUT2D eigenvalue weighted by Gasteiger charge is 2.19. The first kappa shape index (κ1) is 20.0. The van der Waals surface area contributed by atoms with Gasteiger partial charge in [-0.1, -0.05) is 26.0 Å². The molecule has 0 spiro atoms. The quantitative estimate of drug-likeness (QED) is 0.449. The summed E-state index contributed by atoms with van der Waals surface area (Å²) >= 11 is 0. The highest BCUT2D eigenvalue weighted by Crippen LogP contribution is 2.23. The Labute approximate surface area is 173 Å². The molecule has 158 valence electrons. The SMILES string of the molecule is CC(C)c1cnn2c(NCc3cccc([N+](=O)[O-])c3)nc(NC3CCOCC3)nc12. The van der Waals surface area contributed by atoms with Gasteiger partial charge in [0.15, 0.2) is 5.65 Å². The van der Waals surface area contributed by atoms with Crippen LogP contribution in [0.1, 0.15) is 43.7 Å². The summed E-state index contributed by atoms with van der Waals surface area (Å²) in [5.74, 6) is 1.34. The molecule has 1 aromatic carbocycles. The number of anilines is 2. The molecule has 0 atom stereocenters. The summed E-state index contributed by atoms with van der Waals surface area (Å²) in [7, 11) is 0. The van der Waals surface area contributed by atoms with Crippen molar-refractivity contribution in [2.45, 2.75) is 45.2 Å². The molecule has 10 heteroatoms. The number of hydrogen-bond acceptors (Lipinski definition) is 8. The van der Waals surface area contributed by atoms with E-state index in [2.05, 4.69) is 34.6 Å². The zero-order valence-corrected chi connectivity index (χ0v) is 17.0. The van der Waals surface area contributed by atoms with Crippen LogP contribution in [0.4, 0.5) is 17.6 Å². The van der Waals surface area contributed by atoms with Gasteiger partial charge in [0.05, 0.1) is 11.1 Å². The number of nitro groups is 1. The average molecular weight is 411 g/mol. The van der Waals surface area contributed by atoms with Gasteiger partial charge >= 0.3 is 0 Å². The van der Waals surface area contributed by atoms with Crippen molar-refractivity contribution in [3.8, 4) is 0 Å². The molecule has 3 aromatic rings. The molecule has 0 saturated carbocycles. The van der Waals surface area contributed by atoms with E-state index in [1.165, 1.54) is 6.07 Å². The summed E-state index contributed by atoms with van der Waals surface area (Å²) in [5.41, 5.74) is 2.62. The summed E-state index contributed by atoms with van der Waals surface area (Å²) in [6, 6.07) is 6.80. The Balaban J connectivity index is 1.63. The second-order valence-electron chi connectivity index (χ2n) is 7.67. The molecule has 0 amide bonds. The number of hydrogen-bond donors (Lipinski definition) is 2. The van der Waals surface area contributed by atoms with E-state index in [0.29, 0.717) is 18.4 Å². The molecule has 1 saturated heterocycles. The highest BCUT2D eigenvalue weighted by molar-refractivity contribution is 5.56. The maximum atomic E-state index is 11.0. The molecule has 0 aliphatic carbocycles. The summed E-state index contributed by atoms with van der Waals surface area (Å²) in [6.45, 7) is 6.02. The molecule has 1 fully saturated rings. The third-order valence-corrected chi connectivity index (χ3v) is 5.14. The van der Waals surface area contributed by atoms with E-state index in [0.717, 1.165) is 42.8 Å². The first-order valence-corrected chi connectivity index (χ1v) is 10.1. The Morgan fingerprint density at radius 3 is 2.83 bits per heavy atom. The lowest BCUT2D eigenvalue weighted by Crippen LogP contribution is -2.29. The van der Waals surface area contributed by atoms with Gasteiger partial charge in [0.2, 0.25) is 11.9 Å². The molecule has 30 heavy (non-hydrogen) atoms. The second kappa shape index (κ2) is 8.62. The summed E-state index contributed by atoms with van der Waals surface area (Å²) < 4.78 is 7.11. The van der Waals surface area contributed by atoms with Gasteiger partial charge in [-0.2, -0.15) is 19.6 Å². The van der Waals surface area contributed by atoms with Gasteiger partial charge in [0.1, 0.15) is 0 Å². The molecule has 0 bridgehead atoms. The molecule has 10 nitrogen and oxygen atoms in total. The van der Waals surface area contributed by atoms with Crippen LogP contribution in [-0.2, 0) is 11.3 Å². The van der Waals surface area contributed by atoms with Gasteiger partial charge in [0, 0.05) is 43.5 Å². The van der Waals surface area contributed by atoms with Crippen molar-refractivity contribution in [2.75, 3.05) is 23.8 Å². The van der Waals surface area contributed by atoms with Crippen molar-refractivity contribution < 1.29 is 9.66 Å². The van der Waals surface area contributed by atoms with Gasteiger partial charge in [-0.05, 0) is 24.3 Å². The summed E-state index contributed by atoms with van der Waals surface area (Å²) in [5, 5.41) is 22.2. The van der Waals surface area contributed by atoms with E-state index in [1.807, 2.05) is 12.3 Å². The van der Waals surface area contributed by atoms with Crippen LogP contribution >= 0.6 is 0 Å². The van der Waals surface area contributed by atoms with Crippen LogP contribution in [0, 0.1) is 10.1 Å². The van der Waals surface area contributed by atoms with E-state index in [4.69, 9.17) is 9.72 Å². The number of fused-ring (bicyclic) bond motifs is 1. The Kier molecular flexibility index (Phi) is 5.75. The number of rotatable bonds is 7.